The number of hydrogen-bond acceptors (Lipinski definition) is 5. The van der Waals surface area contributed by atoms with Crippen molar-refractivity contribution in [2.45, 2.75) is 12.8 Å². The number of fused-ring (bicyclic) bond motifs is 1. The number of rotatable bonds is 4. The number of carbonyl (C=O) groups is 3. The zero-order chi connectivity index (χ0) is 14.7. The van der Waals surface area contributed by atoms with Crippen LogP contribution in [0, 0.1) is 5.92 Å². The fraction of sp³-hybridized carbons (Fsp3) is 0.357. The molecule has 0 unspecified atom stereocenters. The predicted molar refractivity (Wildman–Crippen MR) is 70.0 cm³/mol. The highest BCUT2D eigenvalue weighted by molar-refractivity contribution is 6.00. The first kappa shape index (κ1) is 14.0. The second-order valence-electron chi connectivity index (χ2n) is 4.48. The molecule has 1 amide bonds. The van der Waals surface area contributed by atoms with Gasteiger partial charge in [0, 0.05) is 5.69 Å². The topological polar surface area (TPSA) is 81.7 Å². The standard InChI is InChI=1S/C14H15NO5/c1-19-13(17)10(14(18)20-2)6-8-4-3-5-9-7-11(16)15-12(8)9/h3-5,10H,6-7H2,1-2H3,(H,15,16). The fourth-order valence-electron chi connectivity index (χ4n) is 2.26. The molecular weight excluding hydrogens is 262 g/mol. The summed E-state index contributed by atoms with van der Waals surface area (Å²) in [4.78, 5) is 34.8. The van der Waals surface area contributed by atoms with Gasteiger partial charge in [-0.3, -0.25) is 14.4 Å². The van der Waals surface area contributed by atoms with Crippen LogP contribution in [0.4, 0.5) is 5.69 Å². The Balaban J connectivity index is 2.28. The van der Waals surface area contributed by atoms with Gasteiger partial charge in [0.2, 0.25) is 5.91 Å². The van der Waals surface area contributed by atoms with Gasteiger partial charge in [-0.05, 0) is 17.5 Å². The van der Waals surface area contributed by atoms with Crippen molar-refractivity contribution in [2.75, 3.05) is 19.5 Å². The third-order valence-corrected chi connectivity index (χ3v) is 3.25. The Hall–Kier alpha value is -2.37. The van der Waals surface area contributed by atoms with Crippen LogP contribution in [0.15, 0.2) is 18.2 Å². The maximum absolute atomic E-state index is 11.7. The lowest BCUT2D eigenvalue weighted by Gasteiger charge is -2.14. The first-order valence-electron chi connectivity index (χ1n) is 6.13. The number of carbonyl (C=O) groups excluding carboxylic acids is 3. The summed E-state index contributed by atoms with van der Waals surface area (Å²) in [5, 5.41) is 2.74. The molecule has 0 fully saturated rings. The average Bonchev–Trinajstić information content (AvgIpc) is 2.84. The predicted octanol–water partition coefficient (Wildman–Crippen LogP) is 0.686. The van der Waals surface area contributed by atoms with Crippen molar-refractivity contribution in [1.29, 1.82) is 0 Å². The lowest BCUT2D eigenvalue weighted by Crippen LogP contribution is -2.28. The Labute approximate surface area is 116 Å². The normalized spacial score (nSPS) is 12.8. The molecule has 1 aromatic carbocycles. The number of benzene rings is 1. The van der Waals surface area contributed by atoms with Crippen LogP contribution in [-0.4, -0.2) is 32.1 Å². The van der Waals surface area contributed by atoms with Gasteiger partial charge >= 0.3 is 11.9 Å². The molecule has 6 heteroatoms. The maximum Gasteiger partial charge on any atom is 0.320 e. The Morgan fingerprint density at radius 2 is 1.90 bits per heavy atom. The maximum atomic E-state index is 11.7. The number of ether oxygens (including phenoxy) is 2. The molecule has 2 rings (SSSR count). The zero-order valence-corrected chi connectivity index (χ0v) is 11.3. The average molecular weight is 277 g/mol. The van der Waals surface area contributed by atoms with E-state index in [1.54, 1.807) is 12.1 Å². The minimum atomic E-state index is -1.03. The smallest absolute Gasteiger partial charge is 0.320 e. The van der Waals surface area contributed by atoms with E-state index in [4.69, 9.17) is 0 Å². The van der Waals surface area contributed by atoms with Gasteiger partial charge in [0.05, 0.1) is 20.6 Å². The van der Waals surface area contributed by atoms with Crippen molar-refractivity contribution in [3.8, 4) is 0 Å². The van der Waals surface area contributed by atoms with Crippen molar-refractivity contribution in [3.63, 3.8) is 0 Å². The Morgan fingerprint density at radius 1 is 1.25 bits per heavy atom. The second kappa shape index (κ2) is 5.73. The third-order valence-electron chi connectivity index (χ3n) is 3.25. The molecule has 1 aliphatic rings. The van der Waals surface area contributed by atoms with Crippen molar-refractivity contribution in [1.82, 2.24) is 0 Å². The molecule has 0 aromatic heterocycles. The van der Waals surface area contributed by atoms with E-state index in [1.165, 1.54) is 14.2 Å². The Kier molecular flexibility index (Phi) is 4.02. The van der Waals surface area contributed by atoms with Crippen molar-refractivity contribution in [3.05, 3.63) is 29.3 Å². The lowest BCUT2D eigenvalue weighted by molar-refractivity contribution is -0.158. The third kappa shape index (κ3) is 2.64. The van der Waals surface area contributed by atoms with Crippen LogP contribution in [0.2, 0.25) is 0 Å². The van der Waals surface area contributed by atoms with E-state index in [2.05, 4.69) is 14.8 Å². The van der Waals surface area contributed by atoms with Crippen LogP contribution in [0.25, 0.3) is 0 Å². The van der Waals surface area contributed by atoms with E-state index in [1.807, 2.05) is 6.07 Å². The minimum absolute atomic E-state index is 0.0971. The first-order valence-corrected chi connectivity index (χ1v) is 6.13. The SMILES string of the molecule is COC(=O)C(Cc1cccc2c1NC(=O)C2)C(=O)OC. The number of amides is 1. The molecule has 1 N–H and O–H groups in total. The number of anilines is 1. The van der Waals surface area contributed by atoms with E-state index in [0.29, 0.717) is 17.7 Å². The molecule has 1 aliphatic heterocycles. The number of methoxy groups -OCH3 is 2. The van der Waals surface area contributed by atoms with Gasteiger partial charge in [0.1, 0.15) is 0 Å². The Morgan fingerprint density at radius 3 is 2.50 bits per heavy atom. The summed E-state index contributed by atoms with van der Waals surface area (Å²) in [6.07, 6.45) is 0.438. The van der Waals surface area contributed by atoms with E-state index in [0.717, 1.165) is 5.56 Å². The van der Waals surface area contributed by atoms with E-state index < -0.39 is 17.9 Å². The monoisotopic (exact) mass is 277 g/mol. The number of para-hydroxylation sites is 1. The molecular formula is C14H15NO5. The van der Waals surface area contributed by atoms with Crippen LogP contribution in [0.1, 0.15) is 11.1 Å². The summed E-state index contributed by atoms with van der Waals surface area (Å²) in [6, 6.07) is 5.39. The molecule has 0 atom stereocenters. The van der Waals surface area contributed by atoms with Crippen molar-refractivity contribution in [2.24, 2.45) is 5.92 Å². The van der Waals surface area contributed by atoms with Gasteiger partial charge in [0.15, 0.2) is 5.92 Å². The van der Waals surface area contributed by atoms with Crippen LogP contribution < -0.4 is 5.32 Å². The van der Waals surface area contributed by atoms with Crippen LogP contribution in [-0.2, 0) is 36.7 Å². The summed E-state index contributed by atoms with van der Waals surface area (Å²) in [5.41, 5.74) is 2.26. The molecule has 0 spiro atoms. The number of nitrogens with one attached hydrogen (secondary N) is 1. The molecule has 6 nitrogen and oxygen atoms in total. The highest BCUT2D eigenvalue weighted by Crippen LogP contribution is 2.29. The van der Waals surface area contributed by atoms with Crippen molar-refractivity contribution >= 4 is 23.5 Å². The number of esters is 2. The minimum Gasteiger partial charge on any atom is -0.468 e. The fourth-order valence-corrected chi connectivity index (χ4v) is 2.26. The van der Waals surface area contributed by atoms with Crippen LogP contribution in [0.3, 0.4) is 0 Å². The lowest BCUT2D eigenvalue weighted by atomic mass is 9.96. The van der Waals surface area contributed by atoms with E-state index in [-0.39, 0.29) is 12.3 Å². The quantitative estimate of drug-likeness (QED) is 0.646. The summed E-state index contributed by atoms with van der Waals surface area (Å²) < 4.78 is 9.24. The van der Waals surface area contributed by atoms with E-state index >= 15 is 0 Å². The second-order valence-corrected chi connectivity index (χ2v) is 4.48. The van der Waals surface area contributed by atoms with Gasteiger partial charge in [-0.25, -0.2) is 0 Å². The van der Waals surface area contributed by atoms with Gasteiger partial charge in [-0.2, -0.15) is 0 Å². The highest BCUT2D eigenvalue weighted by Gasteiger charge is 2.31. The Bertz CT molecular complexity index is 551. The van der Waals surface area contributed by atoms with Crippen LogP contribution in [0.5, 0.6) is 0 Å². The summed E-state index contributed by atoms with van der Waals surface area (Å²) >= 11 is 0. The molecule has 0 saturated heterocycles. The molecule has 106 valence electrons. The zero-order valence-electron chi connectivity index (χ0n) is 11.3. The molecule has 0 bridgehead atoms. The summed E-state index contributed by atoms with van der Waals surface area (Å²) in [7, 11) is 2.44. The largest absolute Gasteiger partial charge is 0.468 e. The van der Waals surface area contributed by atoms with Crippen LogP contribution >= 0.6 is 0 Å². The first-order chi connectivity index (χ1) is 9.56. The van der Waals surface area contributed by atoms with E-state index in [9.17, 15) is 14.4 Å². The highest BCUT2D eigenvalue weighted by atomic mass is 16.5. The molecule has 0 radical (unpaired) electrons. The van der Waals surface area contributed by atoms with Crippen molar-refractivity contribution < 1.29 is 23.9 Å². The summed E-state index contributed by atoms with van der Waals surface area (Å²) in [5.74, 6) is -2.44. The molecule has 1 aromatic rings. The number of hydrogen-bond donors (Lipinski definition) is 1. The van der Waals surface area contributed by atoms with Gasteiger partial charge in [-0.15, -0.1) is 0 Å². The molecule has 0 saturated carbocycles. The van der Waals surface area contributed by atoms with Gasteiger partial charge in [0.25, 0.3) is 0 Å². The summed E-state index contributed by atoms with van der Waals surface area (Å²) in [6.45, 7) is 0. The molecule has 20 heavy (non-hydrogen) atoms. The molecule has 1 heterocycles. The van der Waals surface area contributed by atoms with Gasteiger partial charge in [-0.1, -0.05) is 18.2 Å². The molecule has 0 aliphatic carbocycles. The van der Waals surface area contributed by atoms with Gasteiger partial charge < -0.3 is 14.8 Å².